The minimum atomic E-state index is -0.914. The van der Waals surface area contributed by atoms with E-state index in [1.807, 2.05) is 6.07 Å². The monoisotopic (exact) mass is 319 g/mol. The number of ether oxygens (including phenoxy) is 1. The molecule has 1 saturated heterocycles. The number of rotatable bonds is 5. The second-order valence-corrected chi connectivity index (χ2v) is 6.35. The smallest absolute Gasteiger partial charge is 0.335 e. The van der Waals surface area contributed by atoms with Crippen molar-refractivity contribution in [1.29, 1.82) is 0 Å². The molecule has 4 heteroatoms. The van der Waals surface area contributed by atoms with Gasteiger partial charge < -0.3 is 9.84 Å². The SMILES string of the molecule is O=C(O)c1cccc(OCCN2CCCCCCCCCC2)c1. The molecule has 0 radical (unpaired) electrons. The van der Waals surface area contributed by atoms with Crippen LogP contribution in [0, 0.1) is 0 Å². The van der Waals surface area contributed by atoms with E-state index in [1.165, 1.54) is 51.4 Å². The van der Waals surface area contributed by atoms with Crippen LogP contribution in [-0.2, 0) is 0 Å². The quantitative estimate of drug-likeness (QED) is 0.883. The molecule has 0 aromatic heterocycles. The highest BCUT2D eigenvalue weighted by Crippen LogP contribution is 2.14. The molecule has 0 saturated carbocycles. The second-order valence-electron chi connectivity index (χ2n) is 6.35. The van der Waals surface area contributed by atoms with Gasteiger partial charge in [-0.3, -0.25) is 4.90 Å². The number of carboxylic acids is 1. The lowest BCUT2D eigenvalue weighted by molar-refractivity contribution is 0.0696. The van der Waals surface area contributed by atoms with Crippen molar-refractivity contribution >= 4 is 5.97 Å². The van der Waals surface area contributed by atoms with Crippen LogP contribution in [0.25, 0.3) is 0 Å². The van der Waals surface area contributed by atoms with Gasteiger partial charge >= 0.3 is 5.97 Å². The van der Waals surface area contributed by atoms with Gasteiger partial charge in [0.05, 0.1) is 5.56 Å². The van der Waals surface area contributed by atoms with Crippen molar-refractivity contribution in [2.24, 2.45) is 0 Å². The molecule has 1 aliphatic rings. The van der Waals surface area contributed by atoms with Crippen LogP contribution in [0.3, 0.4) is 0 Å². The average Bonchev–Trinajstić information content (AvgIpc) is 2.61. The predicted molar refractivity (Wildman–Crippen MR) is 92.3 cm³/mol. The van der Waals surface area contributed by atoms with Crippen molar-refractivity contribution < 1.29 is 14.6 Å². The van der Waals surface area contributed by atoms with E-state index in [9.17, 15) is 4.79 Å². The van der Waals surface area contributed by atoms with Gasteiger partial charge in [0.25, 0.3) is 0 Å². The zero-order chi connectivity index (χ0) is 16.3. The summed E-state index contributed by atoms with van der Waals surface area (Å²) in [5, 5.41) is 9.01. The lowest BCUT2D eigenvalue weighted by Gasteiger charge is -2.22. The molecule has 1 heterocycles. The lowest BCUT2D eigenvalue weighted by Crippen LogP contribution is -2.30. The highest BCUT2D eigenvalue weighted by molar-refractivity contribution is 5.87. The van der Waals surface area contributed by atoms with Gasteiger partial charge in [-0.1, -0.05) is 44.6 Å². The van der Waals surface area contributed by atoms with Gasteiger partial charge in [0.1, 0.15) is 12.4 Å². The van der Waals surface area contributed by atoms with Crippen molar-refractivity contribution in [1.82, 2.24) is 4.90 Å². The highest BCUT2D eigenvalue weighted by atomic mass is 16.5. The maximum absolute atomic E-state index is 11.0. The van der Waals surface area contributed by atoms with Gasteiger partial charge in [0, 0.05) is 6.54 Å². The van der Waals surface area contributed by atoms with Gasteiger partial charge in [-0.2, -0.15) is 0 Å². The average molecular weight is 319 g/mol. The summed E-state index contributed by atoms with van der Waals surface area (Å²) in [6, 6.07) is 6.73. The molecule has 1 N–H and O–H groups in total. The molecule has 0 unspecified atom stereocenters. The highest BCUT2D eigenvalue weighted by Gasteiger charge is 2.08. The van der Waals surface area contributed by atoms with Crippen molar-refractivity contribution in [3.8, 4) is 5.75 Å². The minimum Gasteiger partial charge on any atom is -0.492 e. The lowest BCUT2D eigenvalue weighted by atomic mass is 10.1. The van der Waals surface area contributed by atoms with Gasteiger partial charge in [0.15, 0.2) is 0 Å². The maximum Gasteiger partial charge on any atom is 0.335 e. The Morgan fingerprint density at radius 2 is 1.61 bits per heavy atom. The molecule has 4 nitrogen and oxygen atoms in total. The van der Waals surface area contributed by atoms with Crippen molar-refractivity contribution in [2.45, 2.75) is 51.4 Å². The topological polar surface area (TPSA) is 49.8 Å². The Bertz CT molecular complexity index is 463. The van der Waals surface area contributed by atoms with E-state index < -0.39 is 5.97 Å². The number of nitrogens with zero attached hydrogens (tertiary/aromatic N) is 1. The number of hydrogen-bond donors (Lipinski definition) is 1. The normalized spacial score (nSPS) is 18.1. The summed E-state index contributed by atoms with van der Waals surface area (Å²) in [7, 11) is 0. The summed E-state index contributed by atoms with van der Waals surface area (Å²) in [6.45, 7) is 3.83. The van der Waals surface area contributed by atoms with E-state index in [4.69, 9.17) is 9.84 Å². The fourth-order valence-corrected chi connectivity index (χ4v) is 3.08. The van der Waals surface area contributed by atoms with E-state index in [-0.39, 0.29) is 5.56 Å². The summed E-state index contributed by atoms with van der Waals surface area (Å²) >= 11 is 0. The first-order chi connectivity index (χ1) is 11.3. The fraction of sp³-hybridized carbons (Fsp3) is 0.632. The van der Waals surface area contributed by atoms with Crippen LogP contribution in [0.5, 0.6) is 5.75 Å². The van der Waals surface area contributed by atoms with Gasteiger partial charge in [-0.05, 0) is 44.1 Å². The van der Waals surface area contributed by atoms with Crippen LogP contribution >= 0.6 is 0 Å². The number of benzene rings is 1. The third kappa shape index (κ3) is 7.04. The molecule has 0 spiro atoms. The predicted octanol–water partition coefficient (Wildman–Crippen LogP) is 4.20. The third-order valence-corrected chi connectivity index (χ3v) is 4.46. The number of carbonyl (C=O) groups is 1. The number of aromatic carboxylic acids is 1. The maximum atomic E-state index is 11.0. The zero-order valence-electron chi connectivity index (χ0n) is 14.0. The van der Waals surface area contributed by atoms with Gasteiger partial charge in [0.2, 0.25) is 0 Å². The van der Waals surface area contributed by atoms with E-state index in [1.54, 1.807) is 18.2 Å². The van der Waals surface area contributed by atoms with Crippen LogP contribution in [0.4, 0.5) is 0 Å². The van der Waals surface area contributed by atoms with Crippen LogP contribution in [0.2, 0.25) is 0 Å². The van der Waals surface area contributed by atoms with E-state index in [0.29, 0.717) is 12.4 Å². The summed E-state index contributed by atoms with van der Waals surface area (Å²) in [5.74, 6) is -0.273. The molecular weight excluding hydrogens is 290 g/mol. The minimum absolute atomic E-state index is 0.276. The first-order valence-electron chi connectivity index (χ1n) is 8.94. The number of carboxylic acid groups (broad SMARTS) is 1. The molecule has 0 bridgehead atoms. The molecule has 0 aliphatic carbocycles. The van der Waals surface area contributed by atoms with E-state index in [2.05, 4.69) is 4.90 Å². The molecule has 128 valence electrons. The molecule has 0 atom stereocenters. The van der Waals surface area contributed by atoms with Crippen LogP contribution in [0.1, 0.15) is 61.7 Å². The van der Waals surface area contributed by atoms with Crippen molar-refractivity contribution in [3.05, 3.63) is 29.8 Å². The third-order valence-electron chi connectivity index (χ3n) is 4.46. The fourth-order valence-electron chi connectivity index (χ4n) is 3.08. The molecule has 2 rings (SSSR count). The van der Waals surface area contributed by atoms with Gasteiger partial charge in [-0.25, -0.2) is 4.79 Å². The molecule has 1 fully saturated rings. The Morgan fingerprint density at radius 1 is 1.00 bits per heavy atom. The molecule has 0 amide bonds. The van der Waals surface area contributed by atoms with Crippen molar-refractivity contribution in [2.75, 3.05) is 26.2 Å². The van der Waals surface area contributed by atoms with E-state index >= 15 is 0 Å². The van der Waals surface area contributed by atoms with Crippen LogP contribution in [-0.4, -0.2) is 42.2 Å². The van der Waals surface area contributed by atoms with Crippen molar-refractivity contribution in [3.63, 3.8) is 0 Å². The Morgan fingerprint density at radius 3 is 2.22 bits per heavy atom. The summed E-state index contributed by atoms with van der Waals surface area (Å²) in [6.07, 6.45) is 10.7. The van der Waals surface area contributed by atoms with Crippen LogP contribution in [0.15, 0.2) is 24.3 Å². The van der Waals surface area contributed by atoms with Crippen LogP contribution < -0.4 is 4.74 Å². The molecular formula is C19H29NO3. The molecule has 1 aromatic carbocycles. The van der Waals surface area contributed by atoms with E-state index in [0.717, 1.165) is 19.6 Å². The summed E-state index contributed by atoms with van der Waals surface area (Å²) in [5.41, 5.74) is 0.276. The second kappa shape index (κ2) is 10.3. The number of hydrogen-bond acceptors (Lipinski definition) is 3. The Hall–Kier alpha value is -1.55. The largest absolute Gasteiger partial charge is 0.492 e. The first-order valence-corrected chi connectivity index (χ1v) is 8.94. The molecule has 1 aromatic rings. The first kappa shape index (κ1) is 17.8. The van der Waals surface area contributed by atoms with Gasteiger partial charge in [-0.15, -0.1) is 0 Å². The molecule has 1 aliphatic heterocycles. The standard InChI is InChI=1S/C19H29NO3/c21-19(22)17-10-9-11-18(16-17)23-15-14-20-12-7-5-3-1-2-4-6-8-13-20/h9-11,16H,1-8,12-15H2,(H,21,22). The zero-order valence-corrected chi connectivity index (χ0v) is 14.0. The Kier molecular flexibility index (Phi) is 7.95. The summed E-state index contributed by atoms with van der Waals surface area (Å²) < 4.78 is 5.75. The summed E-state index contributed by atoms with van der Waals surface area (Å²) in [4.78, 5) is 13.5. The Labute approximate surface area is 139 Å². The Balaban J connectivity index is 1.76. The molecule has 23 heavy (non-hydrogen) atoms.